The largest absolute Gasteiger partial charge is 0.504 e. The molecule has 36 heavy (non-hydrogen) atoms. The lowest BCUT2D eigenvalue weighted by atomic mass is 9.68. The lowest BCUT2D eigenvalue weighted by molar-refractivity contribution is -0.157. The van der Waals surface area contributed by atoms with Gasteiger partial charge in [0, 0.05) is 16.0 Å². The van der Waals surface area contributed by atoms with E-state index in [1.54, 1.807) is 37.7 Å². The number of amides is 2. The summed E-state index contributed by atoms with van der Waals surface area (Å²) in [6.45, 7) is 3.42. The van der Waals surface area contributed by atoms with Crippen molar-refractivity contribution >= 4 is 40.9 Å². The van der Waals surface area contributed by atoms with Gasteiger partial charge >= 0.3 is 10.8 Å². The second-order valence-corrected chi connectivity index (χ2v) is 12.7. The number of H-pyrrole nitrogens is 1. The Balaban J connectivity index is 1.45. The molecule has 2 aliphatic carbocycles. The van der Waals surface area contributed by atoms with E-state index in [2.05, 4.69) is 4.98 Å². The van der Waals surface area contributed by atoms with Gasteiger partial charge < -0.3 is 19.9 Å². The lowest BCUT2D eigenvalue weighted by Gasteiger charge is -2.43. The number of benzene rings is 1. The summed E-state index contributed by atoms with van der Waals surface area (Å²) >= 11 is 2.73. The van der Waals surface area contributed by atoms with Gasteiger partial charge in [0.1, 0.15) is 6.04 Å². The number of carboxylic acids is 1. The van der Waals surface area contributed by atoms with Crippen molar-refractivity contribution in [2.75, 3.05) is 7.11 Å². The number of methoxy groups -OCH3 is 1. The Bertz CT molecular complexity index is 1350. The van der Waals surface area contributed by atoms with Crippen molar-refractivity contribution in [1.29, 1.82) is 0 Å². The van der Waals surface area contributed by atoms with E-state index < -0.39 is 29.8 Å². The smallest absolute Gasteiger partial charge is 0.327 e. The highest BCUT2D eigenvalue weighted by molar-refractivity contribution is 8.00. The van der Waals surface area contributed by atoms with Gasteiger partial charge in [0.05, 0.1) is 24.0 Å². The number of thioether (sulfide) groups is 1. The van der Waals surface area contributed by atoms with E-state index >= 15 is 0 Å². The number of nitrogens with zero attached hydrogens (tertiary/aromatic N) is 1. The number of phenolic OH excluding ortho intramolecular Hbond substituents is 1. The molecule has 3 fully saturated rings. The molecular formula is C25H26N2O7S2. The zero-order valence-electron chi connectivity index (χ0n) is 19.8. The molecular weight excluding hydrogens is 504 g/mol. The summed E-state index contributed by atoms with van der Waals surface area (Å²) < 4.78 is 5.35. The fraction of sp³-hybridized carbons (Fsp3) is 0.520. The van der Waals surface area contributed by atoms with Gasteiger partial charge in [0.15, 0.2) is 11.5 Å². The molecule has 9 nitrogen and oxygen atoms in total. The van der Waals surface area contributed by atoms with Crippen molar-refractivity contribution in [3.63, 3.8) is 0 Å². The molecule has 3 N–H and O–H groups in total. The Morgan fingerprint density at radius 1 is 1.17 bits per heavy atom. The molecule has 2 saturated carbocycles. The van der Waals surface area contributed by atoms with Gasteiger partial charge in [0.2, 0.25) is 11.8 Å². The Labute approximate surface area is 214 Å². The van der Waals surface area contributed by atoms with E-state index in [0.29, 0.717) is 12.2 Å². The molecule has 2 aromatic rings. The normalized spacial score (nSPS) is 33.0. The molecule has 4 aliphatic rings. The number of ether oxygens (including phenoxy) is 1. The minimum Gasteiger partial charge on any atom is -0.504 e. The Hall–Kier alpha value is -2.79. The number of aliphatic carboxylic acids is 1. The van der Waals surface area contributed by atoms with Crippen LogP contribution in [0.4, 0.5) is 0 Å². The van der Waals surface area contributed by atoms with Gasteiger partial charge in [-0.2, -0.15) is 0 Å². The average molecular weight is 531 g/mol. The van der Waals surface area contributed by atoms with Crippen molar-refractivity contribution in [3.05, 3.63) is 38.3 Å². The number of likely N-dealkylation sites (tertiary alicyclic amines) is 1. The van der Waals surface area contributed by atoms with Crippen molar-refractivity contribution in [2.45, 2.75) is 42.5 Å². The Morgan fingerprint density at radius 2 is 1.86 bits per heavy atom. The molecule has 2 aliphatic heterocycles. The highest BCUT2D eigenvalue weighted by Crippen LogP contribution is 2.68. The second kappa shape index (κ2) is 8.11. The summed E-state index contributed by atoms with van der Waals surface area (Å²) in [5.41, 5.74) is 0.875. The van der Waals surface area contributed by atoms with Crippen molar-refractivity contribution in [1.82, 2.24) is 9.88 Å². The first-order valence-electron chi connectivity index (χ1n) is 12.0. The number of thiazole rings is 1. The van der Waals surface area contributed by atoms with E-state index in [1.807, 2.05) is 6.07 Å². The van der Waals surface area contributed by atoms with E-state index in [-0.39, 0.29) is 51.4 Å². The summed E-state index contributed by atoms with van der Waals surface area (Å²) in [7, 11) is 1.48. The molecule has 0 radical (unpaired) electrons. The van der Waals surface area contributed by atoms with Crippen LogP contribution in [0, 0.1) is 35.5 Å². The molecule has 11 heteroatoms. The maximum atomic E-state index is 13.7. The summed E-state index contributed by atoms with van der Waals surface area (Å²) in [6.07, 6.45) is 0.716. The molecule has 8 atom stereocenters. The molecule has 0 unspecified atom stereocenters. The number of aromatic hydroxyl groups is 1. The van der Waals surface area contributed by atoms with Crippen LogP contribution in [0.5, 0.6) is 11.5 Å². The molecule has 1 saturated heterocycles. The SMILES string of the molecule is COc1cc([C@@H]2c3sc(=O)[nH]c3S[C@@H]3[C@H]4C[C@@H]([C@@H]5C(=O)N([C@H](C(=O)O)C(C)C)C(=O)[C@@H]45)[C@@H]23)ccc1O. The number of rotatable bonds is 5. The number of phenols is 1. The van der Waals surface area contributed by atoms with Crippen LogP contribution >= 0.6 is 23.1 Å². The van der Waals surface area contributed by atoms with Crippen LogP contribution in [0.15, 0.2) is 28.0 Å². The molecule has 1 aromatic carbocycles. The molecule has 6 rings (SSSR count). The summed E-state index contributed by atoms with van der Waals surface area (Å²) in [5, 5.41) is 20.8. The van der Waals surface area contributed by atoms with Gasteiger partial charge in [-0.3, -0.25) is 19.3 Å². The highest BCUT2D eigenvalue weighted by Gasteiger charge is 2.70. The monoisotopic (exact) mass is 530 g/mol. The van der Waals surface area contributed by atoms with E-state index in [4.69, 9.17) is 4.74 Å². The molecule has 1 aromatic heterocycles. The number of carboxylic acid groups (broad SMARTS) is 1. The highest BCUT2D eigenvalue weighted by atomic mass is 32.2. The van der Waals surface area contributed by atoms with Crippen molar-refractivity contribution in [3.8, 4) is 11.5 Å². The molecule has 2 bridgehead atoms. The fourth-order valence-corrected chi connectivity index (χ4v) is 10.2. The first-order chi connectivity index (χ1) is 17.1. The second-order valence-electron chi connectivity index (χ2n) is 10.5. The summed E-state index contributed by atoms with van der Waals surface area (Å²) in [6, 6.07) is 3.99. The number of nitrogens with one attached hydrogen (secondary N) is 1. The zero-order chi connectivity index (χ0) is 25.6. The average Bonchev–Trinajstić information content (AvgIpc) is 3.54. The molecule has 190 valence electrons. The number of hydrogen-bond acceptors (Lipinski definition) is 8. The zero-order valence-corrected chi connectivity index (χ0v) is 21.5. The maximum absolute atomic E-state index is 13.7. The Kier molecular flexibility index (Phi) is 5.31. The third-order valence-electron chi connectivity index (χ3n) is 8.48. The Morgan fingerprint density at radius 3 is 2.50 bits per heavy atom. The van der Waals surface area contributed by atoms with Gasteiger partial charge in [-0.05, 0) is 47.8 Å². The maximum Gasteiger partial charge on any atom is 0.327 e. The van der Waals surface area contributed by atoms with Gasteiger partial charge in [-0.25, -0.2) is 4.79 Å². The quantitative estimate of drug-likeness (QED) is 0.502. The van der Waals surface area contributed by atoms with Crippen LogP contribution in [0.1, 0.15) is 36.6 Å². The first-order valence-corrected chi connectivity index (χ1v) is 13.7. The van der Waals surface area contributed by atoms with Gasteiger partial charge in [-0.1, -0.05) is 31.3 Å². The van der Waals surface area contributed by atoms with Crippen LogP contribution < -0.4 is 9.61 Å². The number of carbonyl (C=O) groups excluding carboxylic acids is 2. The number of imide groups is 1. The van der Waals surface area contributed by atoms with Crippen molar-refractivity contribution in [2.24, 2.45) is 35.5 Å². The number of carbonyl (C=O) groups is 3. The summed E-state index contributed by atoms with van der Waals surface area (Å²) in [4.78, 5) is 56.4. The topological polar surface area (TPSA) is 137 Å². The van der Waals surface area contributed by atoms with Crippen molar-refractivity contribution < 1.29 is 29.3 Å². The van der Waals surface area contributed by atoms with Crippen LogP contribution in [-0.2, 0) is 14.4 Å². The van der Waals surface area contributed by atoms with Crippen LogP contribution in [0.25, 0.3) is 0 Å². The fourth-order valence-electron chi connectivity index (χ4n) is 7.27. The standard InChI is InChI=1S/C25H26N2O7S2/c1-8(2)18(24(31)32)27-22(29)16-10-7-11(17(16)23(27)30)19-15(10)14(20-21(35-19)26-25(33)36-20)9-4-5-12(28)13(6-9)34-3/h4-6,8,10-11,14-19,28H,7H2,1-3H3,(H,26,33)(H,31,32)/t10-,11+,14+,15+,16+,17+,18+,19-/m1/s1. The summed E-state index contributed by atoms with van der Waals surface area (Å²) in [5.74, 6) is -3.49. The molecule has 2 amide bonds. The van der Waals surface area contributed by atoms with Crippen LogP contribution in [0.3, 0.4) is 0 Å². The molecule has 0 spiro atoms. The van der Waals surface area contributed by atoms with Crippen LogP contribution in [0.2, 0.25) is 0 Å². The van der Waals surface area contributed by atoms with E-state index in [0.717, 1.165) is 31.7 Å². The van der Waals surface area contributed by atoms with Gasteiger partial charge in [-0.15, -0.1) is 11.8 Å². The minimum atomic E-state index is -1.18. The first kappa shape index (κ1) is 23.6. The predicted molar refractivity (Wildman–Crippen MR) is 131 cm³/mol. The van der Waals surface area contributed by atoms with E-state index in [9.17, 15) is 29.4 Å². The van der Waals surface area contributed by atoms with Crippen LogP contribution in [-0.4, -0.2) is 56.3 Å². The molecule has 3 heterocycles. The predicted octanol–water partition coefficient (Wildman–Crippen LogP) is 2.73. The minimum absolute atomic E-state index is 0.00201. The number of aromatic amines is 1. The third kappa shape index (κ3) is 3.08. The third-order valence-corrected chi connectivity index (χ3v) is 11.1. The van der Waals surface area contributed by atoms with E-state index in [1.165, 1.54) is 7.11 Å². The number of fused-ring (bicyclic) bond motifs is 9. The number of aromatic nitrogens is 1. The number of hydrogen-bond donors (Lipinski definition) is 3. The lowest BCUT2D eigenvalue weighted by Crippen LogP contribution is -2.49. The van der Waals surface area contributed by atoms with Gasteiger partial charge in [0.25, 0.3) is 0 Å².